The van der Waals surface area contributed by atoms with Crippen molar-refractivity contribution in [3.05, 3.63) is 23.8 Å². The number of carbonyl (C=O) groups is 1. The van der Waals surface area contributed by atoms with Crippen molar-refractivity contribution >= 4 is 39.7 Å². The number of amides is 1. The molecule has 1 atom stereocenters. The van der Waals surface area contributed by atoms with E-state index in [4.69, 9.17) is 5.73 Å². The molecule has 0 bridgehead atoms. The molecule has 1 aromatic carbocycles. The molecule has 1 aromatic rings. The van der Waals surface area contributed by atoms with Crippen molar-refractivity contribution in [2.75, 3.05) is 22.8 Å². The second-order valence-corrected chi connectivity index (χ2v) is 6.30. The summed E-state index contributed by atoms with van der Waals surface area (Å²) in [6, 6.07) is 5.07. The highest BCUT2D eigenvalue weighted by molar-refractivity contribution is 7.92. The summed E-state index contributed by atoms with van der Waals surface area (Å²) in [5, 5.41) is 2.68. The summed E-state index contributed by atoms with van der Waals surface area (Å²) in [4.78, 5) is 11.8. The minimum absolute atomic E-state index is 0. The lowest BCUT2D eigenvalue weighted by Crippen LogP contribution is -2.27. The molecular formula is C12H20ClN3O3S. The Bertz CT molecular complexity index is 575. The first-order valence-electron chi connectivity index (χ1n) is 5.82. The summed E-state index contributed by atoms with van der Waals surface area (Å²) in [6.45, 7) is 3.79. The van der Waals surface area contributed by atoms with Crippen LogP contribution < -0.4 is 15.8 Å². The topological polar surface area (TPSA) is 101 Å². The van der Waals surface area contributed by atoms with Crippen molar-refractivity contribution in [1.82, 2.24) is 0 Å². The van der Waals surface area contributed by atoms with E-state index < -0.39 is 10.0 Å². The van der Waals surface area contributed by atoms with Gasteiger partial charge in [0.15, 0.2) is 0 Å². The third-order valence-electron chi connectivity index (χ3n) is 2.53. The van der Waals surface area contributed by atoms with Crippen molar-refractivity contribution < 1.29 is 13.2 Å². The Balaban J connectivity index is 0.00000361. The molecule has 0 spiro atoms. The van der Waals surface area contributed by atoms with Crippen LogP contribution in [-0.2, 0) is 14.8 Å². The van der Waals surface area contributed by atoms with Crippen molar-refractivity contribution in [3.63, 3.8) is 0 Å². The summed E-state index contributed by atoms with van der Waals surface area (Å²) in [7, 11) is -3.40. The number of halogens is 1. The first-order chi connectivity index (χ1) is 8.73. The normalized spacial score (nSPS) is 12.2. The third kappa shape index (κ3) is 5.77. The van der Waals surface area contributed by atoms with Gasteiger partial charge in [-0.2, -0.15) is 0 Å². The quantitative estimate of drug-likeness (QED) is 0.761. The lowest BCUT2D eigenvalue weighted by atomic mass is 10.1. The Morgan fingerprint density at radius 3 is 2.45 bits per heavy atom. The molecule has 8 heteroatoms. The number of rotatable bonds is 5. The van der Waals surface area contributed by atoms with E-state index in [9.17, 15) is 13.2 Å². The Kier molecular flexibility index (Phi) is 6.98. The smallest absolute Gasteiger partial charge is 0.229 e. The number of nitrogens with one attached hydrogen (secondary N) is 2. The number of hydrogen-bond acceptors (Lipinski definition) is 4. The summed E-state index contributed by atoms with van der Waals surface area (Å²) < 4.78 is 24.9. The highest BCUT2D eigenvalue weighted by Crippen LogP contribution is 2.24. The van der Waals surface area contributed by atoms with Crippen LogP contribution in [0.15, 0.2) is 18.2 Å². The van der Waals surface area contributed by atoms with Crippen LogP contribution in [0.5, 0.6) is 0 Å². The van der Waals surface area contributed by atoms with E-state index in [0.29, 0.717) is 11.4 Å². The second kappa shape index (κ2) is 7.47. The predicted octanol–water partition coefficient (Wildman–Crippen LogP) is 1.32. The van der Waals surface area contributed by atoms with Crippen LogP contribution in [0, 0.1) is 12.8 Å². The lowest BCUT2D eigenvalue weighted by molar-refractivity contribution is -0.119. The van der Waals surface area contributed by atoms with Crippen LogP contribution in [0.25, 0.3) is 0 Å². The number of hydrogen-bond donors (Lipinski definition) is 3. The molecule has 0 aromatic heterocycles. The molecule has 1 amide bonds. The van der Waals surface area contributed by atoms with Crippen molar-refractivity contribution in [1.29, 1.82) is 0 Å². The summed E-state index contributed by atoms with van der Waals surface area (Å²) >= 11 is 0. The maximum Gasteiger partial charge on any atom is 0.229 e. The van der Waals surface area contributed by atoms with Gasteiger partial charge in [-0.25, -0.2) is 8.42 Å². The molecule has 0 saturated carbocycles. The maximum absolute atomic E-state index is 11.8. The number of nitrogens with two attached hydrogens (primary N) is 1. The molecule has 0 aliphatic carbocycles. The summed E-state index contributed by atoms with van der Waals surface area (Å²) in [5.74, 6) is -0.587. The van der Waals surface area contributed by atoms with Gasteiger partial charge in [0.25, 0.3) is 0 Å². The van der Waals surface area contributed by atoms with Crippen LogP contribution in [-0.4, -0.2) is 27.1 Å². The fourth-order valence-corrected chi connectivity index (χ4v) is 1.99. The molecule has 0 aliphatic heterocycles. The number of aryl methyl sites for hydroxylation is 1. The van der Waals surface area contributed by atoms with Gasteiger partial charge in [-0.3, -0.25) is 9.52 Å². The minimum atomic E-state index is -3.40. The molecule has 114 valence electrons. The first-order valence-corrected chi connectivity index (χ1v) is 7.71. The van der Waals surface area contributed by atoms with Gasteiger partial charge in [-0.1, -0.05) is 13.0 Å². The molecule has 0 heterocycles. The average molecular weight is 322 g/mol. The Hall–Kier alpha value is -1.31. The highest BCUT2D eigenvalue weighted by Gasteiger charge is 2.14. The highest BCUT2D eigenvalue weighted by atomic mass is 35.5. The zero-order valence-electron chi connectivity index (χ0n) is 11.6. The van der Waals surface area contributed by atoms with E-state index in [1.807, 2.05) is 6.92 Å². The van der Waals surface area contributed by atoms with Gasteiger partial charge in [-0.15, -0.1) is 12.4 Å². The van der Waals surface area contributed by atoms with E-state index in [2.05, 4.69) is 10.0 Å². The number of sulfonamides is 1. The van der Waals surface area contributed by atoms with Crippen LogP contribution >= 0.6 is 12.4 Å². The van der Waals surface area contributed by atoms with Gasteiger partial charge in [0.1, 0.15) is 0 Å². The maximum atomic E-state index is 11.8. The molecule has 1 rings (SSSR count). The van der Waals surface area contributed by atoms with Crippen molar-refractivity contribution in [3.8, 4) is 0 Å². The van der Waals surface area contributed by atoms with Gasteiger partial charge in [0, 0.05) is 12.5 Å². The minimum Gasteiger partial charge on any atom is -0.330 e. The largest absolute Gasteiger partial charge is 0.330 e. The van der Waals surface area contributed by atoms with Crippen LogP contribution in [0.2, 0.25) is 0 Å². The molecule has 0 fully saturated rings. The van der Waals surface area contributed by atoms with Crippen LogP contribution in [0.3, 0.4) is 0 Å². The first kappa shape index (κ1) is 18.7. The second-order valence-electron chi connectivity index (χ2n) is 4.55. The molecule has 0 saturated heterocycles. The Morgan fingerprint density at radius 1 is 1.35 bits per heavy atom. The monoisotopic (exact) mass is 321 g/mol. The van der Waals surface area contributed by atoms with E-state index in [-0.39, 0.29) is 30.8 Å². The predicted molar refractivity (Wildman–Crippen MR) is 83.7 cm³/mol. The molecule has 20 heavy (non-hydrogen) atoms. The van der Waals surface area contributed by atoms with E-state index in [1.54, 1.807) is 25.1 Å². The zero-order valence-corrected chi connectivity index (χ0v) is 13.3. The summed E-state index contributed by atoms with van der Waals surface area (Å²) in [6.07, 6.45) is 1.06. The zero-order chi connectivity index (χ0) is 14.6. The molecule has 0 aliphatic rings. The number of carbonyl (C=O) groups excluding carboxylic acids is 1. The summed E-state index contributed by atoms with van der Waals surface area (Å²) in [5.41, 5.74) is 7.10. The van der Waals surface area contributed by atoms with Crippen LogP contribution in [0.1, 0.15) is 12.5 Å². The Labute approximate surface area is 125 Å². The molecule has 6 nitrogen and oxygen atoms in total. The van der Waals surface area contributed by atoms with E-state index in [1.165, 1.54) is 0 Å². The van der Waals surface area contributed by atoms with Gasteiger partial charge >= 0.3 is 0 Å². The fraction of sp³-hybridized carbons (Fsp3) is 0.417. The third-order valence-corrected chi connectivity index (χ3v) is 3.12. The van der Waals surface area contributed by atoms with E-state index >= 15 is 0 Å². The van der Waals surface area contributed by atoms with Gasteiger partial charge in [0.05, 0.1) is 17.6 Å². The van der Waals surface area contributed by atoms with E-state index in [0.717, 1.165) is 11.8 Å². The molecule has 0 radical (unpaired) electrons. The van der Waals surface area contributed by atoms with Gasteiger partial charge in [-0.05, 0) is 24.6 Å². The Morgan fingerprint density at radius 2 is 1.95 bits per heavy atom. The van der Waals surface area contributed by atoms with Gasteiger partial charge in [0.2, 0.25) is 15.9 Å². The van der Waals surface area contributed by atoms with Crippen molar-refractivity contribution in [2.24, 2.45) is 11.7 Å². The number of benzene rings is 1. The number of anilines is 2. The molecule has 4 N–H and O–H groups in total. The molecular weight excluding hydrogens is 302 g/mol. The molecule has 1 unspecified atom stereocenters. The van der Waals surface area contributed by atoms with Gasteiger partial charge < -0.3 is 11.1 Å². The average Bonchev–Trinajstić information content (AvgIpc) is 2.30. The van der Waals surface area contributed by atoms with Crippen LogP contribution in [0.4, 0.5) is 11.4 Å². The lowest BCUT2D eigenvalue weighted by Gasteiger charge is -2.15. The fourth-order valence-electron chi connectivity index (χ4n) is 1.41. The van der Waals surface area contributed by atoms with Crippen molar-refractivity contribution in [2.45, 2.75) is 13.8 Å². The standard InChI is InChI=1S/C12H19N3O3S.ClH/c1-8-4-5-10(15-19(3,17)18)11(6-8)14-12(16)9(2)7-13;/h4-6,9,15H,7,13H2,1-3H3,(H,14,16);1H. The SMILES string of the molecule is Cc1ccc(NS(C)(=O)=O)c(NC(=O)C(C)CN)c1.Cl.